The Morgan fingerprint density at radius 1 is 1.22 bits per heavy atom. The molecular weight excluding hydrogens is 560 g/mol. The third-order valence-electron chi connectivity index (χ3n) is 6.25. The van der Waals surface area contributed by atoms with Gasteiger partial charge < -0.3 is 16.4 Å². The molecule has 1 aliphatic carbocycles. The smallest absolute Gasteiger partial charge is 0.270 e. The predicted octanol–water partition coefficient (Wildman–Crippen LogP) is 2.65. The van der Waals surface area contributed by atoms with Crippen molar-refractivity contribution in [3.63, 3.8) is 0 Å². The number of hydrogen-bond acceptors (Lipinski definition) is 6. The van der Waals surface area contributed by atoms with Crippen LogP contribution in [-0.4, -0.2) is 63.0 Å². The standard InChI is InChI=1S/C25H31BrN6O4S/c1-28-25(34)24-20-14-19(16-4-5-16)22(15-21(20)30-32(24)18-8-6-17(26)7-9-18)31(37(2,35)36)13-3-12-29-23(33)10-11-27/h6-9,14-16H,3-5,10-13,27H2,1-2H3,(H,28,34)(H,29,33). The Hall–Kier alpha value is -2.96. The van der Waals surface area contributed by atoms with Crippen LogP contribution in [-0.2, 0) is 14.8 Å². The first kappa shape index (κ1) is 27.1. The fourth-order valence-corrected chi connectivity index (χ4v) is 5.56. The summed E-state index contributed by atoms with van der Waals surface area (Å²) in [6.07, 6.45) is 3.73. The van der Waals surface area contributed by atoms with Gasteiger partial charge in [0.25, 0.3) is 5.91 Å². The van der Waals surface area contributed by atoms with Gasteiger partial charge >= 0.3 is 0 Å². The van der Waals surface area contributed by atoms with Crippen LogP contribution in [0, 0.1) is 0 Å². The molecule has 0 saturated heterocycles. The lowest BCUT2D eigenvalue weighted by Crippen LogP contribution is -2.34. The van der Waals surface area contributed by atoms with E-state index < -0.39 is 10.0 Å². The van der Waals surface area contributed by atoms with Crippen molar-refractivity contribution in [3.8, 4) is 5.69 Å². The van der Waals surface area contributed by atoms with Crippen LogP contribution in [0.1, 0.15) is 47.7 Å². The molecule has 2 aromatic carbocycles. The van der Waals surface area contributed by atoms with Gasteiger partial charge in [0.1, 0.15) is 5.69 Å². The number of aromatic nitrogens is 2. The van der Waals surface area contributed by atoms with Crippen molar-refractivity contribution in [2.24, 2.45) is 5.73 Å². The number of rotatable bonds is 11. The maximum atomic E-state index is 13.0. The second-order valence-corrected chi connectivity index (χ2v) is 11.9. The molecular formula is C25H31BrN6O4S. The highest BCUT2D eigenvalue weighted by Crippen LogP contribution is 2.46. The summed E-state index contributed by atoms with van der Waals surface area (Å²) in [5, 5.41) is 10.9. The Morgan fingerprint density at radius 2 is 1.92 bits per heavy atom. The number of carbonyl (C=O) groups excluding carboxylic acids is 2. The number of benzene rings is 2. The normalized spacial score (nSPS) is 13.5. The second kappa shape index (κ2) is 11.2. The van der Waals surface area contributed by atoms with Crippen LogP contribution in [0.4, 0.5) is 5.69 Å². The van der Waals surface area contributed by atoms with E-state index in [1.165, 1.54) is 10.6 Å². The Balaban J connectivity index is 1.78. The number of carbonyl (C=O) groups is 2. The van der Waals surface area contributed by atoms with E-state index in [0.29, 0.717) is 40.9 Å². The lowest BCUT2D eigenvalue weighted by molar-refractivity contribution is -0.120. The minimum Gasteiger partial charge on any atom is -0.356 e. The zero-order valence-electron chi connectivity index (χ0n) is 20.8. The van der Waals surface area contributed by atoms with Crippen LogP contribution in [0.15, 0.2) is 40.9 Å². The third kappa shape index (κ3) is 6.13. The summed E-state index contributed by atoms with van der Waals surface area (Å²) >= 11 is 3.43. The van der Waals surface area contributed by atoms with Crippen LogP contribution in [0.2, 0.25) is 0 Å². The Bertz CT molecular complexity index is 1420. The van der Waals surface area contributed by atoms with Gasteiger partial charge in [-0.1, -0.05) is 15.9 Å². The molecule has 0 spiro atoms. The minimum absolute atomic E-state index is 0.159. The molecule has 37 heavy (non-hydrogen) atoms. The van der Waals surface area contributed by atoms with Gasteiger partial charge in [0.15, 0.2) is 0 Å². The molecule has 1 aromatic heterocycles. The summed E-state index contributed by atoms with van der Waals surface area (Å²) in [5.74, 6) is -0.233. The minimum atomic E-state index is -3.63. The fourth-order valence-electron chi connectivity index (χ4n) is 4.32. The zero-order chi connectivity index (χ0) is 26.7. The molecule has 0 unspecified atom stereocenters. The van der Waals surface area contributed by atoms with Crippen LogP contribution >= 0.6 is 15.9 Å². The van der Waals surface area contributed by atoms with Gasteiger partial charge in [-0.2, -0.15) is 5.10 Å². The van der Waals surface area contributed by atoms with Crippen molar-refractivity contribution in [2.75, 3.05) is 37.2 Å². The number of nitrogens with one attached hydrogen (secondary N) is 2. The maximum Gasteiger partial charge on any atom is 0.270 e. The number of hydrogen-bond donors (Lipinski definition) is 3. The Labute approximate surface area is 224 Å². The molecule has 1 heterocycles. The number of fused-ring (bicyclic) bond motifs is 1. The molecule has 2 amide bonds. The SMILES string of the molecule is CNC(=O)c1c2cc(C3CC3)c(N(CCCNC(=O)CCN)S(C)(=O)=O)cc2nn1-c1ccc(Br)cc1. The van der Waals surface area contributed by atoms with E-state index in [9.17, 15) is 18.0 Å². The molecule has 12 heteroatoms. The van der Waals surface area contributed by atoms with Gasteiger partial charge in [-0.25, -0.2) is 13.1 Å². The molecule has 0 bridgehead atoms. The van der Waals surface area contributed by atoms with Gasteiger partial charge in [0, 0.05) is 43.0 Å². The highest BCUT2D eigenvalue weighted by molar-refractivity contribution is 9.10. The van der Waals surface area contributed by atoms with Crippen molar-refractivity contribution >= 4 is 54.4 Å². The number of nitrogens with zero attached hydrogens (tertiary/aromatic N) is 3. The third-order valence-corrected chi connectivity index (χ3v) is 7.96. The first-order chi connectivity index (χ1) is 17.6. The molecule has 0 atom stereocenters. The number of nitrogens with two attached hydrogens (primary N) is 1. The molecule has 1 saturated carbocycles. The topological polar surface area (TPSA) is 139 Å². The summed E-state index contributed by atoms with van der Waals surface area (Å²) in [4.78, 5) is 24.7. The van der Waals surface area contributed by atoms with E-state index in [2.05, 4.69) is 26.6 Å². The molecule has 10 nitrogen and oxygen atoms in total. The summed E-state index contributed by atoms with van der Waals surface area (Å²) < 4.78 is 29.7. The predicted molar refractivity (Wildman–Crippen MR) is 148 cm³/mol. The first-order valence-electron chi connectivity index (χ1n) is 12.1. The molecule has 0 radical (unpaired) electrons. The molecule has 4 rings (SSSR count). The summed E-state index contributed by atoms with van der Waals surface area (Å²) in [6, 6.07) is 11.1. The molecule has 3 aromatic rings. The van der Waals surface area contributed by atoms with Gasteiger partial charge in [0.2, 0.25) is 15.9 Å². The van der Waals surface area contributed by atoms with Crippen LogP contribution in [0.3, 0.4) is 0 Å². The molecule has 1 aliphatic rings. The summed E-state index contributed by atoms with van der Waals surface area (Å²) in [7, 11) is -2.06. The number of amides is 2. The van der Waals surface area contributed by atoms with Crippen molar-refractivity contribution in [1.29, 1.82) is 0 Å². The van der Waals surface area contributed by atoms with E-state index in [-0.39, 0.29) is 37.2 Å². The average molecular weight is 592 g/mol. The van der Waals surface area contributed by atoms with Crippen molar-refractivity contribution in [3.05, 3.63) is 52.1 Å². The van der Waals surface area contributed by atoms with Crippen LogP contribution in [0.5, 0.6) is 0 Å². The first-order valence-corrected chi connectivity index (χ1v) is 14.8. The maximum absolute atomic E-state index is 13.0. The summed E-state index contributed by atoms with van der Waals surface area (Å²) in [6.45, 7) is 0.796. The van der Waals surface area contributed by atoms with Gasteiger partial charge in [0.05, 0.1) is 23.1 Å². The molecule has 0 aliphatic heterocycles. The number of halogens is 1. The van der Waals surface area contributed by atoms with E-state index in [1.807, 2.05) is 30.3 Å². The number of sulfonamides is 1. The van der Waals surface area contributed by atoms with E-state index in [4.69, 9.17) is 10.8 Å². The van der Waals surface area contributed by atoms with Crippen molar-refractivity contribution in [1.82, 2.24) is 20.4 Å². The van der Waals surface area contributed by atoms with Crippen molar-refractivity contribution in [2.45, 2.75) is 31.6 Å². The lowest BCUT2D eigenvalue weighted by Gasteiger charge is -2.25. The molecule has 1 fully saturated rings. The zero-order valence-corrected chi connectivity index (χ0v) is 23.2. The van der Waals surface area contributed by atoms with Crippen molar-refractivity contribution < 1.29 is 18.0 Å². The van der Waals surface area contributed by atoms with Gasteiger partial charge in [-0.05, 0) is 67.1 Å². The van der Waals surface area contributed by atoms with Gasteiger partial charge in [-0.3, -0.25) is 13.9 Å². The lowest BCUT2D eigenvalue weighted by atomic mass is 10.0. The molecule has 4 N–H and O–H groups in total. The highest BCUT2D eigenvalue weighted by atomic mass is 79.9. The quantitative estimate of drug-likeness (QED) is 0.293. The monoisotopic (exact) mass is 590 g/mol. The van der Waals surface area contributed by atoms with Crippen LogP contribution in [0.25, 0.3) is 16.6 Å². The Morgan fingerprint density at radius 3 is 2.51 bits per heavy atom. The average Bonchev–Trinajstić information content (AvgIpc) is 3.63. The summed E-state index contributed by atoms with van der Waals surface area (Å²) in [5.41, 5.74) is 8.48. The second-order valence-electron chi connectivity index (χ2n) is 9.10. The van der Waals surface area contributed by atoms with E-state index in [1.54, 1.807) is 17.8 Å². The Kier molecular flexibility index (Phi) is 8.20. The molecule has 198 valence electrons. The number of anilines is 1. The van der Waals surface area contributed by atoms with Crippen LogP contribution < -0.4 is 20.7 Å². The fraction of sp³-hybridized carbons (Fsp3) is 0.400. The van der Waals surface area contributed by atoms with Gasteiger partial charge in [-0.15, -0.1) is 0 Å². The van der Waals surface area contributed by atoms with E-state index in [0.717, 1.165) is 22.9 Å². The largest absolute Gasteiger partial charge is 0.356 e. The highest BCUT2D eigenvalue weighted by Gasteiger charge is 2.32. The van der Waals surface area contributed by atoms with E-state index >= 15 is 0 Å².